The molecule has 4 nitrogen and oxygen atoms in total. The third-order valence-corrected chi connectivity index (χ3v) is 6.62. The zero-order chi connectivity index (χ0) is 21.7. The van der Waals surface area contributed by atoms with Gasteiger partial charge in [-0.05, 0) is 71.9 Å². The molecule has 0 saturated heterocycles. The second kappa shape index (κ2) is 11.9. The minimum atomic E-state index is -4.54. The minimum absolute atomic E-state index is 0. The number of phosphoric ester groups is 1. The van der Waals surface area contributed by atoms with Gasteiger partial charge in [0, 0.05) is 6.42 Å². The molecule has 0 aromatic heterocycles. The Morgan fingerprint density at radius 3 is 1.58 bits per heavy atom. The van der Waals surface area contributed by atoms with Gasteiger partial charge in [0.05, 0.1) is 0 Å². The Hall–Kier alpha value is -0.770. The minimum Gasteiger partial charge on any atom is -0.736 e. The Bertz CT molecular complexity index is 870. The van der Waals surface area contributed by atoms with E-state index in [9.17, 15) is 9.46 Å². The topological polar surface area (TPSA) is 58.6 Å². The monoisotopic (exact) mass is 452 g/mol. The summed E-state index contributed by atoms with van der Waals surface area (Å²) < 4.78 is 24.1. The van der Waals surface area contributed by atoms with Crippen LogP contribution in [0.15, 0.2) is 24.3 Å². The zero-order valence-electron chi connectivity index (χ0n) is 19.8. The standard InChI is InChI=1S/C25H35O4P.Na/c1-5-9-11-20-13-18(7-3)15-22-17-23-16-19(8-4)14-21(12-10-6-2)25(23)29-30(26,27)28-24(20)22;/h13-16H,5-12,17H2,1-4H3,(H,26,27);/q;+1/p-1. The molecule has 0 unspecified atom stereocenters. The largest absolute Gasteiger partial charge is 1.00 e. The summed E-state index contributed by atoms with van der Waals surface area (Å²) in [6.07, 6.45) is 8.09. The molecular weight excluding hydrogens is 418 g/mol. The Kier molecular flexibility index (Phi) is 10.2. The van der Waals surface area contributed by atoms with E-state index in [0.717, 1.165) is 73.6 Å². The molecule has 1 aliphatic heterocycles. The summed E-state index contributed by atoms with van der Waals surface area (Å²) in [5.74, 6) is 0.947. The fourth-order valence-corrected chi connectivity index (χ4v) is 5.07. The molecule has 2 aromatic carbocycles. The number of rotatable bonds is 8. The van der Waals surface area contributed by atoms with Crippen molar-refractivity contribution < 1.29 is 48.1 Å². The molecule has 0 bridgehead atoms. The molecule has 0 amide bonds. The maximum Gasteiger partial charge on any atom is 1.00 e. The van der Waals surface area contributed by atoms with Gasteiger partial charge in [0.25, 0.3) is 0 Å². The van der Waals surface area contributed by atoms with Gasteiger partial charge in [0.2, 0.25) is 0 Å². The van der Waals surface area contributed by atoms with E-state index >= 15 is 0 Å². The second-order valence-electron chi connectivity index (χ2n) is 8.21. The van der Waals surface area contributed by atoms with Crippen molar-refractivity contribution in [3.05, 3.63) is 57.6 Å². The number of aryl methyl sites for hydroxylation is 4. The van der Waals surface area contributed by atoms with Crippen LogP contribution in [-0.2, 0) is 36.7 Å². The van der Waals surface area contributed by atoms with Crippen LogP contribution in [-0.4, -0.2) is 0 Å². The molecule has 2 aromatic rings. The maximum absolute atomic E-state index is 12.9. The van der Waals surface area contributed by atoms with Crippen LogP contribution in [0.2, 0.25) is 0 Å². The van der Waals surface area contributed by atoms with E-state index in [1.165, 1.54) is 11.1 Å². The molecule has 0 atom stereocenters. The van der Waals surface area contributed by atoms with Crippen molar-refractivity contribution in [3.63, 3.8) is 0 Å². The van der Waals surface area contributed by atoms with Crippen LogP contribution in [0.4, 0.5) is 0 Å². The smallest absolute Gasteiger partial charge is 0.736 e. The Labute approximate surface area is 209 Å². The molecule has 0 N–H and O–H groups in total. The van der Waals surface area contributed by atoms with Crippen molar-refractivity contribution in [2.45, 2.75) is 85.5 Å². The number of unbranched alkanes of at least 4 members (excludes halogenated alkanes) is 2. The third-order valence-electron chi connectivity index (χ3n) is 5.81. The van der Waals surface area contributed by atoms with E-state index in [2.05, 4.69) is 52.0 Å². The fraction of sp³-hybridized carbons (Fsp3) is 0.520. The van der Waals surface area contributed by atoms with Gasteiger partial charge >= 0.3 is 37.4 Å². The van der Waals surface area contributed by atoms with Gasteiger partial charge < -0.3 is 13.9 Å². The normalized spacial score (nSPS) is 14.2. The summed E-state index contributed by atoms with van der Waals surface area (Å²) in [4.78, 5) is 12.9. The summed E-state index contributed by atoms with van der Waals surface area (Å²) in [5.41, 5.74) is 6.24. The molecule has 0 aliphatic carbocycles. The Morgan fingerprint density at radius 2 is 1.23 bits per heavy atom. The number of hydrogen-bond acceptors (Lipinski definition) is 4. The summed E-state index contributed by atoms with van der Waals surface area (Å²) >= 11 is 0. The first-order valence-corrected chi connectivity index (χ1v) is 12.9. The predicted octanol–water partition coefficient (Wildman–Crippen LogP) is 3.33. The molecule has 1 aliphatic rings. The van der Waals surface area contributed by atoms with Gasteiger partial charge in [0.1, 0.15) is 11.5 Å². The fourth-order valence-electron chi connectivity index (χ4n) is 4.11. The van der Waals surface area contributed by atoms with Crippen molar-refractivity contribution >= 4 is 7.82 Å². The van der Waals surface area contributed by atoms with Gasteiger partial charge in [-0.2, -0.15) is 0 Å². The van der Waals surface area contributed by atoms with Crippen LogP contribution >= 0.6 is 7.82 Å². The molecule has 164 valence electrons. The number of fused-ring (bicyclic) bond motifs is 2. The van der Waals surface area contributed by atoms with E-state index in [-0.39, 0.29) is 29.6 Å². The van der Waals surface area contributed by atoms with E-state index in [0.29, 0.717) is 17.9 Å². The molecule has 0 spiro atoms. The molecule has 31 heavy (non-hydrogen) atoms. The van der Waals surface area contributed by atoms with E-state index < -0.39 is 7.82 Å². The first kappa shape index (κ1) is 26.5. The average Bonchev–Trinajstić information content (AvgIpc) is 2.72. The van der Waals surface area contributed by atoms with Gasteiger partial charge in [-0.15, -0.1) is 0 Å². The predicted molar refractivity (Wildman–Crippen MR) is 121 cm³/mol. The van der Waals surface area contributed by atoms with Crippen molar-refractivity contribution in [1.29, 1.82) is 0 Å². The van der Waals surface area contributed by atoms with E-state index in [1.807, 2.05) is 0 Å². The molecule has 0 fully saturated rings. The zero-order valence-corrected chi connectivity index (χ0v) is 22.6. The number of benzene rings is 2. The van der Waals surface area contributed by atoms with Gasteiger partial charge in [0.15, 0.2) is 0 Å². The van der Waals surface area contributed by atoms with Crippen molar-refractivity contribution in [1.82, 2.24) is 0 Å². The van der Waals surface area contributed by atoms with E-state index in [1.54, 1.807) is 0 Å². The molecule has 0 radical (unpaired) electrons. The number of phosphoric acid groups is 1. The second-order valence-corrected chi connectivity index (χ2v) is 9.47. The first-order valence-electron chi connectivity index (χ1n) is 11.4. The maximum atomic E-state index is 12.9. The summed E-state index contributed by atoms with van der Waals surface area (Å²) in [6, 6.07) is 8.38. The van der Waals surface area contributed by atoms with Gasteiger partial charge in [-0.25, -0.2) is 4.57 Å². The van der Waals surface area contributed by atoms with Crippen LogP contribution < -0.4 is 43.5 Å². The molecular formula is C25H34NaO4P. The Balaban J connectivity index is 0.00000341. The van der Waals surface area contributed by atoms with Crippen molar-refractivity contribution in [3.8, 4) is 11.5 Å². The summed E-state index contributed by atoms with van der Waals surface area (Å²) in [7, 11) is -4.54. The Morgan fingerprint density at radius 1 is 0.806 bits per heavy atom. The van der Waals surface area contributed by atoms with Crippen LogP contribution in [0, 0.1) is 0 Å². The van der Waals surface area contributed by atoms with Gasteiger partial charge in [-0.3, -0.25) is 0 Å². The molecule has 1 heterocycles. The van der Waals surface area contributed by atoms with Crippen LogP contribution in [0.25, 0.3) is 0 Å². The number of hydrogen-bond donors (Lipinski definition) is 0. The molecule has 3 rings (SSSR count). The average molecular weight is 453 g/mol. The quantitative estimate of drug-likeness (QED) is 0.456. The first-order chi connectivity index (χ1) is 14.4. The van der Waals surface area contributed by atoms with Crippen LogP contribution in [0.3, 0.4) is 0 Å². The van der Waals surface area contributed by atoms with Crippen LogP contribution in [0.5, 0.6) is 11.5 Å². The molecule has 6 heteroatoms. The van der Waals surface area contributed by atoms with Crippen LogP contribution in [0.1, 0.15) is 86.8 Å². The molecule has 0 saturated carbocycles. The van der Waals surface area contributed by atoms with Crippen molar-refractivity contribution in [2.75, 3.05) is 0 Å². The SMILES string of the molecule is CCCCc1cc(CC)cc2c1OP(=O)([O-])Oc1c(CCCC)cc(CC)cc1C2.[Na+]. The summed E-state index contributed by atoms with van der Waals surface area (Å²) in [5, 5.41) is 0. The van der Waals surface area contributed by atoms with E-state index in [4.69, 9.17) is 9.05 Å². The van der Waals surface area contributed by atoms with Crippen molar-refractivity contribution in [2.24, 2.45) is 0 Å². The third kappa shape index (κ3) is 6.62. The summed E-state index contributed by atoms with van der Waals surface area (Å²) in [6.45, 7) is 8.53. The van der Waals surface area contributed by atoms with Gasteiger partial charge in [-0.1, -0.05) is 64.8 Å².